The lowest BCUT2D eigenvalue weighted by atomic mass is 10.00. The second kappa shape index (κ2) is 14.9. The number of nitrogens with one attached hydrogen (secondary N) is 1. The summed E-state index contributed by atoms with van der Waals surface area (Å²) in [5, 5.41) is 3.19. The molecule has 0 spiro atoms. The monoisotopic (exact) mass is 542 g/mol. The van der Waals surface area contributed by atoms with Crippen molar-refractivity contribution < 1.29 is 37.2 Å². The van der Waals surface area contributed by atoms with Gasteiger partial charge in [0.25, 0.3) is 5.91 Å². The van der Waals surface area contributed by atoms with Gasteiger partial charge in [0.15, 0.2) is 25.2 Å². The highest BCUT2D eigenvalue weighted by Gasteiger charge is 2.28. The van der Waals surface area contributed by atoms with Crippen LogP contribution >= 0.6 is 8.38 Å². The van der Waals surface area contributed by atoms with E-state index in [1.165, 1.54) is 25.4 Å². The molecule has 0 radical (unpaired) electrons. The van der Waals surface area contributed by atoms with Crippen LogP contribution in [-0.2, 0) is 20.3 Å². The number of aldehydes is 1. The molecule has 200 valence electrons. The van der Waals surface area contributed by atoms with Crippen molar-refractivity contribution in [2.24, 2.45) is 0 Å². The predicted molar refractivity (Wildman–Crippen MR) is 142 cm³/mol. The van der Waals surface area contributed by atoms with Crippen LogP contribution in [0.4, 0.5) is 4.39 Å². The molecule has 0 atom stereocenters. The van der Waals surface area contributed by atoms with Crippen molar-refractivity contribution in [1.29, 1.82) is 0 Å². The number of ether oxygens (including phenoxy) is 3. The smallest absolute Gasteiger partial charge is 0.256 e. The Labute approximate surface area is 221 Å². The van der Waals surface area contributed by atoms with Crippen LogP contribution in [0.2, 0.25) is 0 Å². The third kappa shape index (κ3) is 7.43. The number of pyridine rings is 1. The molecule has 0 aliphatic carbocycles. The highest BCUT2D eigenvalue weighted by Crippen LogP contribution is 2.43. The van der Waals surface area contributed by atoms with E-state index in [0.717, 1.165) is 0 Å². The first-order valence-electron chi connectivity index (χ1n) is 11.5. The van der Waals surface area contributed by atoms with Crippen LogP contribution < -0.4 is 14.8 Å². The Hall–Kier alpha value is -3.69. The number of carbonyl (C=O) groups excluding carboxylic acids is 2. The van der Waals surface area contributed by atoms with Crippen LogP contribution in [0.25, 0.3) is 10.9 Å². The Kier molecular flexibility index (Phi) is 11.3. The van der Waals surface area contributed by atoms with Crippen molar-refractivity contribution in [2.45, 2.75) is 6.54 Å². The van der Waals surface area contributed by atoms with Gasteiger partial charge in [0.05, 0.1) is 24.3 Å². The second-order valence-corrected chi connectivity index (χ2v) is 9.04. The van der Waals surface area contributed by atoms with Crippen molar-refractivity contribution in [2.75, 3.05) is 33.5 Å². The number of amides is 1. The van der Waals surface area contributed by atoms with Crippen LogP contribution in [-0.4, -0.2) is 50.6 Å². The van der Waals surface area contributed by atoms with E-state index in [2.05, 4.69) is 23.5 Å². The molecule has 1 N–H and O–H groups in total. The topological polar surface area (TPSA) is 105 Å². The number of rotatable bonds is 16. The minimum absolute atomic E-state index is 0.0449. The summed E-state index contributed by atoms with van der Waals surface area (Å²) in [4.78, 5) is 30.3. The Morgan fingerprint density at radius 1 is 1.08 bits per heavy atom. The van der Waals surface area contributed by atoms with Crippen LogP contribution in [0.15, 0.2) is 67.9 Å². The van der Waals surface area contributed by atoms with Gasteiger partial charge in [0, 0.05) is 25.2 Å². The molecule has 11 heteroatoms. The first-order chi connectivity index (χ1) is 18.5. The third-order valence-corrected chi connectivity index (χ3v) is 6.24. The SMILES string of the molecule is C=CCOP(COc1c(C=O)c(C(=O)NCc2ccc(F)cc2)c(OCOC)c2ncccc12)OCC=C. The fraction of sp³-hybridized carbons (Fsp3) is 0.222. The summed E-state index contributed by atoms with van der Waals surface area (Å²) in [7, 11) is -0.107. The number of carbonyl (C=O) groups is 2. The first kappa shape index (κ1) is 28.9. The van der Waals surface area contributed by atoms with E-state index in [1.54, 1.807) is 36.4 Å². The van der Waals surface area contributed by atoms with E-state index in [-0.39, 0.29) is 55.5 Å². The summed E-state index contributed by atoms with van der Waals surface area (Å²) in [5.41, 5.74) is 0.825. The van der Waals surface area contributed by atoms with Gasteiger partial charge >= 0.3 is 0 Å². The molecule has 2 aromatic carbocycles. The van der Waals surface area contributed by atoms with Crippen LogP contribution in [0.5, 0.6) is 11.5 Å². The molecule has 38 heavy (non-hydrogen) atoms. The van der Waals surface area contributed by atoms with E-state index in [0.29, 0.717) is 22.8 Å². The highest BCUT2D eigenvalue weighted by molar-refractivity contribution is 7.47. The van der Waals surface area contributed by atoms with Crippen molar-refractivity contribution >= 4 is 31.5 Å². The molecule has 1 heterocycles. The van der Waals surface area contributed by atoms with Crippen LogP contribution in [0.1, 0.15) is 26.3 Å². The largest absolute Gasteiger partial charge is 0.483 e. The molecule has 9 nitrogen and oxygen atoms in total. The van der Waals surface area contributed by atoms with Gasteiger partial charge in [-0.25, -0.2) is 4.39 Å². The molecule has 0 fully saturated rings. The molecule has 0 saturated heterocycles. The van der Waals surface area contributed by atoms with Crippen LogP contribution in [0, 0.1) is 5.82 Å². The van der Waals surface area contributed by atoms with Crippen molar-refractivity contribution in [3.63, 3.8) is 0 Å². The standard InChI is InChI=1S/C27H28FN2O7P/c1-4-13-36-38(37-14-5-2)18-35-25-21-7-6-12-29-24(21)26(34-17-33-3)23(22(25)16-31)27(32)30-15-19-8-10-20(28)11-9-19/h4-12,16H,1-2,13-15,17-18H2,3H3,(H,30,32). The molecule has 0 saturated carbocycles. The quantitative estimate of drug-likeness (QED) is 0.115. The zero-order valence-electron chi connectivity index (χ0n) is 20.9. The lowest BCUT2D eigenvalue weighted by Crippen LogP contribution is -2.25. The van der Waals surface area contributed by atoms with Crippen molar-refractivity contribution in [3.8, 4) is 11.5 Å². The summed E-state index contributed by atoms with van der Waals surface area (Å²) < 4.78 is 41.4. The zero-order chi connectivity index (χ0) is 27.3. The lowest BCUT2D eigenvalue weighted by Gasteiger charge is -2.21. The average Bonchev–Trinajstić information content (AvgIpc) is 2.94. The van der Waals surface area contributed by atoms with E-state index < -0.39 is 20.1 Å². The summed E-state index contributed by atoms with van der Waals surface area (Å²) in [6.07, 6.45) is 5.16. The molecule has 0 aliphatic heterocycles. The number of methoxy groups -OCH3 is 1. The number of benzene rings is 2. The third-order valence-electron chi connectivity index (χ3n) is 5.03. The molecule has 1 amide bonds. The summed E-state index contributed by atoms with van der Waals surface area (Å²) in [6, 6.07) is 9.04. The van der Waals surface area contributed by atoms with Crippen LogP contribution in [0.3, 0.4) is 0 Å². The number of aromatic nitrogens is 1. The van der Waals surface area contributed by atoms with Gasteiger partial charge in [-0.1, -0.05) is 24.3 Å². The second-order valence-electron chi connectivity index (χ2n) is 7.60. The molecular weight excluding hydrogens is 514 g/mol. The number of fused-ring (bicyclic) bond motifs is 1. The highest BCUT2D eigenvalue weighted by atomic mass is 31.2. The van der Waals surface area contributed by atoms with Gasteiger partial charge in [-0.05, 0) is 29.8 Å². The maximum Gasteiger partial charge on any atom is 0.256 e. The summed E-state index contributed by atoms with van der Waals surface area (Å²) in [6.45, 7) is 7.62. The molecule has 3 rings (SSSR count). The normalized spacial score (nSPS) is 10.8. The maximum atomic E-state index is 13.4. The predicted octanol–water partition coefficient (Wildman–Crippen LogP) is 5.15. The molecule has 3 aromatic rings. The van der Waals surface area contributed by atoms with Crippen molar-refractivity contribution in [3.05, 3.63) is 90.4 Å². The molecule has 0 bridgehead atoms. The molecular formula is C27H28FN2O7P. The van der Waals surface area contributed by atoms with Gasteiger partial charge < -0.3 is 28.6 Å². The Balaban J connectivity index is 2.05. The fourth-order valence-electron chi connectivity index (χ4n) is 3.39. The van der Waals surface area contributed by atoms with Gasteiger partial charge in [-0.15, -0.1) is 13.2 Å². The fourth-order valence-corrected chi connectivity index (χ4v) is 4.40. The lowest BCUT2D eigenvalue weighted by molar-refractivity contribution is 0.0509. The van der Waals surface area contributed by atoms with E-state index >= 15 is 0 Å². The summed E-state index contributed by atoms with van der Waals surface area (Å²) >= 11 is 0. The maximum absolute atomic E-state index is 13.4. The minimum Gasteiger partial charge on any atom is -0.483 e. The van der Waals surface area contributed by atoms with Crippen molar-refractivity contribution in [1.82, 2.24) is 10.3 Å². The number of hydrogen-bond acceptors (Lipinski definition) is 8. The molecule has 0 aliphatic rings. The van der Waals surface area contributed by atoms with E-state index in [9.17, 15) is 14.0 Å². The average molecular weight is 543 g/mol. The number of nitrogens with zero attached hydrogens (tertiary/aromatic N) is 1. The van der Waals surface area contributed by atoms with Gasteiger partial charge in [-0.3, -0.25) is 14.6 Å². The minimum atomic E-state index is -1.53. The first-order valence-corrected chi connectivity index (χ1v) is 12.8. The summed E-state index contributed by atoms with van der Waals surface area (Å²) in [5.74, 6) is -0.832. The Morgan fingerprint density at radius 3 is 2.42 bits per heavy atom. The van der Waals surface area contributed by atoms with Gasteiger partial charge in [0.2, 0.25) is 8.38 Å². The molecule has 0 unspecified atom stereocenters. The Bertz CT molecular complexity index is 1260. The van der Waals surface area contributed by atoms with E-state index in [1.807, 2.05) is 0 Å². The number of halogens is 1. The van der Waals surface area contributed by atoms with Gasteiger partial charge in [0.1, 0.15) is 17.1 Å². The van der Waals surface area contributed by atoms with Gasteiger partial charge in [-0.2, -0.15) is 0 Å². The molecule has 1 aromatic heterocycles. The zero-order valence-corrected chi connectivity index (χ0v) is 21.7. The van der Waals surface area contributed by atoms with E-state index in [4.69, 9.17) is 23.3 Å². The Morgan fingerprint density at radius 2 is 1.79 bits per heavy atom. The number of hydrogen-bond donors (Lipinski definition) is 1.